The van der Waals surface area contributed by atoms with E-state index in [9.17, 15) is 0 Å². The van der Waals surface area contributed by atoms with Gasteiger partial charge >= 0.3 is 0 Å². The molecule has 3 rings (SSSR count). The lowest BCUT2D eigenvalue weighted by Gasteiger charge is -2.17. The van der Waals surface area contributed by atoms with Gasteiger partial charge < -0.3 is 20.1 Å². The van der Waals surface area contributed by atoms with Crippen molar-refractivity contribution < 1.29 is 0 Å². The minimum absolute atomic E-state index is 0.539. The van der Waals surface area contributed by atoms with Crippen LogP contribution in [0.4, 0.5) is 5.82 Å². The van der Waals surface area contributed by atoms with E-state index in [4.69, 9.17) is 23.2 Å². The number of guanidine groups is 1. The summed E-state index contributed by atoms with van der Waals surface area (Å²) < 4.78 is 1.86. The minimum Gasteiger partial charge on any atom is -0.357 e. The zero-order valence-electron chi connectivity index (χ0n) is 15.1. The third kappa shape index (κ3) is 4.43. The Balaban J connectivity index is 1.55. The van der Waals surface area contributed by atoms with Gasteiger partial charge in [-0.2, -0.15) is 0 Å². The van der Waals surface area contributed by atoms with Crippen molar-refractivity contribution in [3.05, 3.63) is 45.8 Å². The largest absolute Gasteiger partial charge is 0.357 e. The fourth-order valence-electron chi connectivity index (χ4n) is 3.03. The van der Waals surface area contributed by atoms with Crippen molar-refractivity contribution in [1.82, 2.24) is 20.2 Å². The van der Waals surface area contributed by atoms with Crippen molar-refractivity contribution in [2.75, 3.05) is 25.0 Å². The van der Waals surface area contributed by atoms with Crippen molar-refractivity contribution in [2.45, 2.75) is 25.9 Å². The average Bonchev–Trinajstić information content (AvgIpc) is 3.27. The highest BCUT2D eigenvalue weighted by atomic mass is 35.5. The van der Waals surface area contributed by atoms with Crippen molar-refractivity contribution in [2.24, 2.45) is 12.0 Å². The molecule has 0 unspecified atom stereocenters. The van der Waals surface area contributed by atoms with Crippen LogP contribution in [0.25, 0.3) is 0 Å². The van der Waals surface area contributed by atoms with E-state index < -0.39 is 0 Å². The third-order valence-corrected chi connectivity index (χ3v) is 5.42. The zero-order chi connectivity index (χ0) is 18.5. The summed E-state index contributed by atoms with van der Waals surface area (Å²) >= 11 is 12.2. The first kappa shape index (κ1) is 18.9. The maximum Gasteiger partial charge on any atom is 0.191 e. The van der Waals surface area contributed by atoms with E-state index in [0.717, 1.165) is 30.6 Å². The second-order valence-corrected chi connectivity index (χ2v) is 7.09. The quantitative estimate of drug-likeness (QED) is 0.603. The molecule has 1 aliphatic rings. The molecular formula is C18H24Cl2N6. The number of anilines is 1. The summed E-state index contributed by atoms with van der Waals surface area (Å²) in [4.78, 5) is 11.1. The van der Waals surface area contributed by atoms with Gasteiger partial charge in [-0.05, 0) is 36.6 Å². The van der Waals surface area contributed by atoms with Gasteiger partial charge in [0.15, 0.2) is 5.96 Å². The van der Waals surface area contributed by atoms with Gasteiger partial charge in [0.05, 0.1) is 11.6 Å². The summed E-state index contributed by atoms with van der Waals surface area (Å²) in [6.07, 6.45) is 4.36. The topological polar surface area (TPSA) is 57.5 Å². The Morgan fingerprint density at radius 1 is 1.19 bits per heavy atom. The molecule has 3 heterocycles. The van der Waals surface area contributed by atoms with Gasteiger partial charge in [0, 0.05) is 45.6 Å². The highest BCUT2D eigenvalue weighted by molar-refractivity contribution is 6.41. The van der Waals surface area contributed by atoms with E-state index >= 15 is 0 Å². The number of pyridine rings is 1. The smallest absolute Gasteiger partial charge is 0.191 e. The standard InChI is InChI=1S/C18H24Cl2N6/c1-21-18(24-12-14-10-15(19)17(20)25(14)2)23-11-13-5-6-22-16(9-13)26-7-3-4-8-26/h5-6,9-10H,3-4,7-8,11-12H2,1-2H3,(H2,21,23,24). The molecule has 0 radical (unpaired) electrons. The fraction of sp³-hybridized carbons (Fsp3) is 0.444. The van der Waals surface area contributed by atoms with E-state index in [-0.39, 0.29) is 0 Å². The monoisotopic (exact) mass is 394 g/mol. The first-order valence-corrected chi connectivity index (χ1v) is 9.48. The van der Waals surface area contributed by atoms with Crippen LogP contribution in [0.1, 0.15) is 24.1 Å². The minimum atomic E-state index is 0.539. The van der Waals surface area contributed by atoms with Gasteiger partial charge in [0.2, 0.25) is 0 Å². The summed E-state index contributed by atoms with van der Waals surface area (Å²) in [5, 5.41) is 7.71. The van der Waals surface area contributed by atoms with Crippen molar-refractivity contribution in [3.8, 4) is 0 Å². The zero-order valence-corrected chi connectivity index (χ0v) is 16.6. The van der Waals surface area contributed by atoms with E-state index in [1.165, 1.54) is 18.4 Å². The number of aromatic nitrogens is 2. The highest BCUT2D eigenvalue weighted by Crippen LogP contribution is 2.25. The molecule has 1 aliphatic heterocycles. The van der Waals surface area contributed by atoms with E-state index in [1.54, 1.807) is 7.05 Å². The molecule has 1 saturated heterocycles. The lowest BCUT2D eigenvalue weighted by atomic mass is 10.2. The molecule has 2 N–H and O–H groups in total. The Labute approximate surface area is 164 Å². The summed E-state index contributed by atoms with van der Waals surface area (Å²) in [6.45, 7) is 3.44. The molecule has 0 aliphatic carbocycles. The lowest BCUT2D eigenvalue weighted by molar-refractivity contribution is 0.750. The molecule has 1 fully saturated rings. The Hall–Kier alpha value is -1.92. The molecule has 2 aromatic heterocycles. The molecule has 0 aromatic carbocycles. The van der Waals surface area contributed by atoms with Gasteiger partial charge in [0.25, 0.3) is 0 Å². The maximum atomic E-state index is 6.10. The average molecular weight is 395 g/mol. The van der Waals surface area contributed by atoms with Crippen LogP contribution in [0.5, 0.6) is 0 Å². The summed E-state index contributed by atoms with van der Waals surface area (Å²) in [7, 11) is 3.64. The number of halogens is 2. The van der Waals surface area contributed by atoms with Crippen molar-refractivity contribution >= 4 is 35.0 Å². The molecule has 140 valence electrons. The van der Waals surface area contributed by atoms with Gasteiger partial charge in [-0.3, -0.25) is 4.99 Å². The van der Waals surface area contributed by atoms with Crippen LogP contribution in [-0.2, 0) is 20.1 Å². The molecule has 0 bridgehead atoms. The second-order valence-electron chi connectivity index (χ2n) is 6.33. The second kappa shape index (κ2) is 8.64. The van der Waals surface area contributed by atoms with Gasteiger partial charge in [0.1, 0.15) is 11.0 Å². The number of nitrogens with one attached hydrogen (secondary N) is 2. The predicted octanol–water partition coefficient (Wildman–Crippen LogP) is 3.19. The summed E-state index contributed by atoms with van der Waals surface area (Å²) in [5.41, 5.74) is 2.16. The SMILES string of the molecule is CN=C(NCc1ccnc(N2CCCC2)c1)NCc1cc(Cl)c(Cl)n1C. The molecular weight excluding hydrogens is 371 g/mol. The van der Waals surface area contributed by atoms with Crippen LogP contribution in [0.2, 0.25) is 10.2 Å². The molecule has 2 aromatic rings. The predicted molar refractivity (Wildman–Crippen MR) is 108 cm³/mol. The van der Waals surface area contributed by atoms with Crippen molar-refractivity contribution in [3.63, 3.8) is 0 Å². The first-order chi connectivity index (χ1) is 12.6. The van der Waals surface area contributed by atoms with Crippen LogP contribution < -0.4 is 15.5 Å². The Morgan fingerprint density at radius 2 is 1.92 bits per heavy atom. The third-order valence-electron chi connectivity index (χ3n) is 4.58. The van der Waals surface area contributed by atoms with E-state index in [0.29, 0.717) is 23.3 Å². The number of rotatable bonds is 5. The molecule has 0 atom stereocenters. The first-order valence-electron chi connectivity index (χ1n) is 8.72. The lowest BCUT2D eigenvalue weighted by Crippen LogP contribution is -2.36. The molecule has 8 heteroatoms. The maximum absolute atomic E-state index is 6.10. The van der Waals surface area contributed by atoms with E-state index in [1.807, 2.05) is 29.9 Å². The molecule has 26 heavy (non-hydrogen) atoms. The van der Waals surface area contributed by atoms with Crippen LogP contribution >= 0.6 is 23.2 Å². The Kier molecular flexibility index (Phi) is 6.27. The normalized spacial score (nSPS) is 14.8. The molecule has 0 spiro atoms. The molecule has 6 nitrogen and oxygen atoms in total. The molecule has 0 saturated carbocycles. The van der Waals surface area contributed by atoms with Crippen LogP contribution in [0.15, 0.2) is 29.4 Å². The number of nitrogens with zero attached hydrogens (tertiary/aromatic N) is 4. The summed E-state index contributed by atoms with van der Waals surface area (Å²) in [6, 6.07) is 6.02. The Bertz CT molecular complexity index is 780. The number of hydrogen-bond donors (Lipinski definition) is 2. The van der Waals surface area contributed by atoms with E-state index in [2.05, 4.69) is 31.6 Å². The van der Waals surface area contributed by atoms with Crippen LogP contribution in [0.3, 0.4) is 0 Å². The fourth-order valence-corrected chi connectivity index (χ4v) is 3.44. The highest BCUT2D eigenvalue weighted by Gasteiger charge is 2.14. The van der Waals surface area contributed by atoms with Gasteiger partial charge in [-0.1, -0.05) is 23.2 Å². The number of hydrogen-bond acceptors (Lipinski definition) is 3. The van der Waals surface area contributed by atoms with Crippen LogP contribution in [0, 0.1) is 0 Å². The van der Waals surface area contributed by atoms with Crippen LogP contribution in [-0.4, -0.2) is 35.6 Å². The number of aliphatic imine (C=N–C) groups is 1. The van der Waals surface area contributed by atoms with Gasteiger partial charge in [-0.25, -0.2) is 4.98 Å². The van der Waals surface area contributed by atoms with Gasteiger partial charge in [-0.15, -0.1) is 0 Å². The summed E-state index contributed by atoms with van der Waals surface area (Å²) in [5.74, 6) is 1.77. The van der Waals surface area contributed by atoms with Crippen molar-refractivity contribution in [1.29, 1.82) is 0 Å². The molecule has 0 amide bonds. The Morgan fingerprint density at radius 3 is 2.58 bits per heavy atom.